The van der Waals surface area contributed by atoms with E-state index in [1.165, 1.54) is 0 Å². The van der Waals surface area contributed by atoms with Crippen molar-refractivity contribution in [1.82, 2.24) is 10.3 Å². The number of ether oxygens (including phenoxy) is 1. The monoisotopic (exact) mass is 370 g/mol. The van der Waals surface area contributed by atoms with Crippen molar-refractivity contribution < 1.29 is 14.3 Å². The minimum atomic E-state index is -0.777. The third-order valence-corrected chi connectivity index (χ3v) is 4.09. The molecule has 0 spiro atoms. The lowest BCUT2D eigenvalue weighted by Gasteiger charge is -2.08. The lowest BCUT2D eigenvalue weighted by Crippen LogP contribution is -2.28. The van der Waals surface area contributed by atoms with Gasteiger partial charge in [0.2, 0.25) is 0 Å². The lowest BCUT2D eigenvalue weighted by molar-refractivity contribution is -0.124. The highest BCUT2D eigenvalue weighted by molar-refractivity contribution is 6.31. The van der Waals surface area contributed by atoms with Crippen LogP contribution in [0.5, 0.6) is 0 Å². The zero-order chi connectivity index (χ0) is 18.5. The van der Waals surface area contributed by atoms with E-state index in [2.05, 4.69) is 10.3 Å². The number of benzene rings is 2. The molecule has 0 saturated carbocycles. The fraction of sp³-hybridized carbons (Fsp3) is 0.105. The highest BCUT2D eigenvalue weighted by Crippen LogP contribution is 2.14. The van der Waals surface area contributed by atoms with Crippen molar-refractivity contribution in [2.45, 2.75) is 6.54 Å². The fourth-order valence-corrected chi connectivity index (χ4v) is 2.60. The van der Waals surface area contributed by atoms with Gasteiger partial charge in [0.25, 0.3) is 5.91 Å². The second-order valence-electron chi connectivity index (χ2n) is 5.54. The maximum absolute atomic E-state index is 12.1. The zero-order valence-electron chi connectivity index (χ0n) is 13.6. The number of hydrogen-bond donors (Lipinski definition) is 2. The minimum Gasteiger partial charge on any atom is -0.451 e. The van der Waals surface area contributed by atoms with Crippen LogP contribution >= 0.6 is 11.6 Å². The van der Waals surface area contributed by atoms with Gasteiger partial charge < -0.3 is 15.0 Å². The van der Waals surface area contributed by atoms with Gasteiger partial charge in [0, 0.05) is 28.5 Å². The number of esters is 1. The molecule has 0 unspecified atom stereocenters. The molecule has 1 heterocycles. The Hall–Kier alpha value is -3.12. The molecular formula is C19H15ClN2O4. The molecule has 132 valence electrons. The first-order valence-corrected chi connectivity index (χ1v) is 8.21. The standard InChI is InChI=1S/C19H15ClN2O4/c20-14-7-3-1-5-12(14)10-21-18(24)11-26-19(25)16-9-17(23)13-6-2-4-8-15(13)22-16/h1-9H,10-11H2,(H,21,24)(H,22,23). The lowest BCUT2D eigenvalue weighted by atomic mass is 10.2. The molecule has 26 heavy (non-hydrogen) atoms. The van der Waals surface area contributed by atoms with Crippen LogP contribution in [-0.4, -0.2) is 23.5 Å². The summed E-state index contributed by atoms with van der Waals surface area (Å²) in [5, 5.41) is 3.63. The van der Waals surface area contributed by atoms with Crippen molar-refractivity contribution in [3.8, 4) is 0 Å². The highest BCUT2D eigenvalue weighted by Gasteiger charge is 2.13. The Morgan fingerprint density at radius 2 is 1.81 bits per heavy atom. The quantitative estimate of drug-likeness (QED) is 0.676. The Morgan fingerprint density at radius 3 is 2.62 bits per heavy atom. The molecule has 0 aliphatic heterocycles. The van der Waals surface area contributed by atoms with Crippen LogP contribution in [0, 0.1) is 0 Å². The van der Waals surface area contributed by atoms with Crippen molar-refractivity contribution in [2.24, 2.45) is 0 Å². The molecule has 0 fully saturated rings. The number of halogens is 1. The summed E-state index contributed by atoms with van der Waals surface area (Å²) in [6.45, 7) is -0.235. The molecule has 0 radical (unpaired) electrons. The molecule has 2 aromatic carbocycles. The Labute approximate surface area is 153 Å². The molecule has 3 rings (SSSR count). The molecule has 0 bridgehead atoms. The molecule has 0 aliphatic carbocycles. The van der Waals surface area contributed by atoms with Gasteiger partial charge in [-0.2, -0.15) is 0 Å². The summed E-state index contributed by atoms with van der Waals surface area (Å²) in [7, 11) is 0. The van der Waals surface area contributed by atoms with Crippen LogP contribution in [0.15, 0.2) is 59.4 Å². The molecular weight excluding hydrogens is 356 g/mol. The summed E-state index contributed by atoms with van der Waals surface area (Å²) >= 11 is 6.01. The van der Waals surface area contributed by atoms with Crippen LogP contribution in [0.3, 0.4) is 0 Å². The normalized spacial score (nSPS) is 10.5. The number of aromatic amines is 1. The Kier molecular flexibility index (Phi) is 5.34. The number of aromatic nitrogens is 1. The molecule has 0 aliphatic rings. The van der Waals surface area contributed by atoms with Crippen LogP contribution in [0.2, 0.25) is 5.02 Å². The molecule has 1 aromatic heterocycles. The average Bonchev–Trinajstić information content (AvgIpc) is 2.65. The van der Waals surface area contributed by atoms with Crippen molar-refractivity contribution in [1.29, 1.82) is 0 Å². The van der Waals surface area contributed by atoms with Crippen LogP contribution in [-0.2, 0) is 16.1 Å². The first-order chi connectivity index (χ1) is 12.5. The zero-order valence-corrected chi connectivity index (χ0v) is 14.4. The first-order valence-electron chi connectivity index (χ1n) is 7.84. The average molecular weight is 371 g/mol. The molecule has 7 heteroatoms. The van der Waals surface area contributed by atoms with Crippen molar-refractivity contribution in [3.05, 3.63) is 81.1 Å². The summed E-state index contributed by atoms with van der Waals surface area (Å²) < 4.78 is 4.96. The van der Waals surface area contributed by atoms with E-state index in [4.69, 9.17) is 16.3 Å². The van der Waals surface area contributed by atoms with Gasteiger partial charge in [-0.05, 0) is 23.8 Å². The van der Waals surface area contributed by atoms with Crippen LogP contribution in [0.4, 0.5) is 0 Å². The van der Waals surface area contributed by atoms with E-state index in [-0.39, 0.29) is 17.7 Å². The van der Waals surface area contributed by atoms with Gasteiger partial charge in [0.1, 0.15) is 5.69 Å². The number of hydrogen-bond acceptors (Lipinski definition) is 4. The molecule has 0 atom stereocenters. The van der Waals surface area contributed by atoms with E-state index in [1.807, 2.05) is 6.07 Å². The van der Waals surface area contributed by atoms with Gasteiger partial charge >= 0.3 is 5.97 Å². The van der Waals surface area contributed by atoms with E-state index >= 15 is 0 Å². The summed E-state index contributed by atoms with van der Waals surface area (Å²) in [6, 6.07) is 15.1. The Bertz CT molecular complexity index is 1030. The number of carbonyl (C=O) groups excluding carboxylic acids is 2. The molecule has 2 N–H and O–H groups in total. The third-order valence-electron chi connectivity index (χ3n) is 3.73. The van der Waals surface area contributed by atoms with Gasteiger partial charge in [-0.1, -0.05) is 41.9 Å². The minimum absolute atomic E-state index is 0.00685. The number of nitrogens with one attached hydrogen (secondary N) is 2. The van der Waals surface area contributed by atoms with Gasteiger partial charge in [0.05, 0.1) is 0 Å². The topological polar surface area (TPSA) is 88.3 Å². The van der Waals surface area contributed by atoms with Crippen LogP contribution < -0.4 is 10.7 Å². The number of rotatable bonds is 5. The summed E-state index contributed by atoms with van der Waals surface area (Å²) in [5.41, 5.74) is 0.977. The number of pyridine rings is 1. The predicted octanol–water partition coefficient (Wildman–Crippen LogP) is 2.65. The number of H-pyrrole nitrogens is 1. The largest absolute Gasteiger partial charge is 0.451 e. The maximum Gasteiger partial charge on any atom is 0.355 e. The van der Waals surface area contributed by atoms with Gasteiger partial charge in [0.15, 0.2) is 12.0 Å². The fourth-order valence-electron chi connectivity index (χ4n) is 2.40. The number of fused-ring (bicyclic) bond motifs is 1. The van der Waals surface area contributed by atoms with E-state index in [0.29, 0.717) is 15.9 Å². The van der Waals surface area contributed by atoms with Crippen molar-refractivity contribution in [2.75, 3.05) is 6.61 Å². The summed E-state index contributed by atoms with van der Waals surface area (Å²) in [5.74, 6) is -1.25. The van der Waals surface area contributed by atoms with Gasteiger partial charge in [-0.3, -0.25) is 9.59 Å². The number of amides is 1. The van der Waals surface area contributed by atoms with Crippen molar-refractivity contribution >= 4 is 34.4 Å². The van der Waals surface area contributed by atoms with Gasteiger partial charge in [-0.15, -0.1) is 0 Å². The number of para-hydroxylation sites is 1. The summed E-state index contributed by atoms with van der Waals surface area (Å²) in [6.07, 6.45) is 0. The molecule has 6 nitrogen and oxygen atoms in total. The Balaban J connectivity index is 1.59. The van der Waals surface area contributed by atoms with E-state index < -0.39 is 18.5 Å². The molecule has 3 aromatic rings. The second kappa shape index (κ2) is 7.84. The van der Waals surface area contributed by atoms with Crippen LogP contribution in [0.1, 0.15) is 16.1 Å². The maximum atomic E-state index is 12.1. The second-order valence-corrected chi connectivity index (χ2v) is 5.94. The van der Waals surface area contributed by atoms with E-state index in [0.717, 1.165) is 11.6 Å². The van der Waals surface area contributed by atoms with E-state index in [1.54, 1.807) is 42.5 Å². The van der Waals surface area contributed by atoms with E-state index in [9.17, 15) is 14.4 Å². The SMILES string of the molecule is O=C(COC(=O)c1cc(=O)c2ccccc2[nH]1)NCc1ccccc1Cl. The number of carbonyl (C=O) groups is 2. The first kappa shape index (κ1) is 17.7. The van der Waals surface area contributed by atoms with Gasteiger partial charge in [-0.25, -0.2) is 4.79 Å². The van der Waals surface area contributed by atoms with Crippen LogP contribution in [0.25, 0.3) is 10.9 Å². The third kappa shape index (κ3) is 4.10. The van der Waals surface area contributed by atoms with Crippen molar-refractivity contribution in [3.63, 3.8) is 0 Å². The Morgan fingerprint density at radius 1 is 1.08 bits per heavy atom. The summed E-state index contributed by atoms with van der Waals surface area (Å²) in [4.78, 5) is 38.8. The molecule has 0 saturated heterocycles. The smallest absolute Gasteiger partial charge is 0.355 e. The predicted molar refractivity (Wildman–Crippen MR) is 98.1 cm³/mol. The highest BCUT2D eigenvalue weighted by atomic mass is 35.5. The molecule has 1 amide bonds.